The highest BCUT2D eigenvalue weighted by Crippen LogP contribution is 2.35. The van der Waals surface area contributed by atoms with Crippen LogP contribution in [0.2, 0.25) is 0 Å². The molecule has 0 saturated carbocycles. The van der Waals surface area contributed by atoms with Crippen LogP contribution in [0.25, 0.3) is 0 Å². The Morgan fingerprint density at radius 1 is 1.35 bits per heavy atom. The smallest absolute Gasteiger partial charge is 0.261 e. The van der Waals surface area contributed by atoms with E-state index in [2.05, 4.69) is 22.1 Å². The summed E-state index contributed by atoms with van der Waals surface area (Å²) < 4.78 is 6.25. The van der Waals surface area contributed by atoms with Crippen molar-refractivity contribution in [3.05, 3.63) is 35.3 Å². The van der Waals surface area contributed by atoms with Gasteiger partial charge < -0.3 is 10.1 Å². The lowest BCUT2D eigenvalue weighted by atomic mass is 9.79. The van der Waals surface area contributed by atoms with Crippen molar-refractivity contribution in [2.24, 2.45) is 5.92 Å². The van der Waals surface area contributed by atoms with E-state index in [1.807, 2.05) is 24.3 Å². The molecule has 2 aromatic heterocycles. The predicted octanol–water partition coefficient (Wildman–Crippen LogP) is 3.52. The number of nitrogens with one attached hydrogen (secondary N) is 1. The number of methoxy groups -OCH3 is 1. The molecule has 0 spiro atoms. The fourth-order valence-electron chi connectivity index (χ4n) is 3.95. The first-order valence-electron chi connectivity index (χ1n) is 8.96. The van der Waals surface area contributed by atoms with Crippen molar-refractivity contribution in [3.63, 3.8) is 0 Å². The number of fused-ring (bicyclic) bond motifs is 3. The second-order valence-electron chi connectivity index (χ2n) is 6.87. The van der Waals surface area contributed by atoms with Crippen LogP contribution >= 0.6 is 23.1 Å². The Bertz CT molecular complexity index is 785. The molecule has 5 nitrogen and oxygen atoms in total. The van der Waals surface area contributed by atoms with Gasteiger partial charge in [0.15, 0.2) is 0 Å². The molecule has 3 fully saturated rings. The summed E-state index contributed by atoms with van der Waals surface area (Å²) in [6.07, 6.45) is 4.13. The number of rotatable bonds is 5. The normalized spacial score (nSPS) is 27.3. The Morgan fingerprint density at radius 3 is 2.88 bits per heavy atom. The maximum atomic E-state index is 12.7. The van der Waals surface area contributed by atoms with Crippen molar-refractivity contribution < 1.29 is 9.53 Å². The Morgan fingerprint density at radius 2 is 2.15 bits per heavy atom. The Balaban J connectivity index is 1.41. The Labute approximate surface area is 162 Å². The zero-order chi connectivity index (χ0) is 18.1. The molecule has 5 heterocycles. The van der Waals surface area contributed by atoms with E-state index in [4.69, 9.17) is 4.74 Å². The number of piperidine rings is 3. The average molecular weight is 390 g/mol. The van der Waals surface area contributed by atoms with Gasteiger partial charge in [0.2, 0.25) is 5.88 Å². The molecule has 2 atom stereocenters. The van der Waals surface area contributed by atoms with Gasteiger partial charge in [0, 0.05) is 29.2 Å². The molecule has 0 aliphatic carbocycles. The summed E-state index contributed by atoms with van der Waals surface area (Å²) >= 11 is 3.16. The molecule has 26 heavy (non-hydrogen) atoms. The molecule has 5 rings (SSSR count). The van der Waals surface area contributed by atoms with Crippen molar-refractivity contribution in [3.8, 4) is 5.88 Å². The molecule has 7 heteroatoms. The topological polar surface area (TPSA) is 54.5 Å². The quantitative estimate of drug-likeness (QED) is 0.848. The highest BCUT2D eigenvalue weighted by Gasteiger charge is 2.40. The molecule has 0 unspecified atom stereocenters. The number of pyridine rings is 1. The van der Waals surface area contributed by atoms with Crippen LogP contribution in [-0.4, -0.2) is 48.1 Å². The number of aromatic nitrogens is 1. The van der Waals surface area contributed by atoms with E-state index < -0.39 is 0 Å². The third-order valence-corrected chi connectivity index (χ3v) is 7.62. The van der Waals surface area contributed by atoms with Crippen LogP contribution in [0.15, 0.2) is 39.6 Å². The first-order chi connectivity index (χ1) is 12.6. The summed E-state index contributed by atoms with van der Waals surface area (Å²) in [4.78, 5) is 21.2. The van der Waals surface area contributed by atoms with Crippen molar-refractivity contribution in [2.75, 3.05) is 20.2 Å². The van der Waals surface area contributed by atoms with E-state index in [0.29, 0.717) is 17.8 Å². The molecule has 0 aromatic carbocycles. The molecular formula is C19H23N3O2S2. The molecular weight excluding hydrogens is 366 g/mol. The fourth-order valence-corrected chi connectivity index (χ4v) is 5.97. The van der Waals surface area contributed by atoms with Crippen LogP contribution in [-0.2, 0) is 0 Å². The highest BCUT2D eigenvalue weighted by atomic mass is 32.2. The number of hydrogen-bond acceptors (Lipinski definition) is 6. The molecule has 2 bridgehead atoms. The van der Waals surface area contributed by atoms with Gasteiger partial charge in [-0.1, -0.05) is 11.8 Å². The number of carbonyl (C=O) groups is 1. The van der Waals surface area contributed by atoms with Crippen LogP contribution in [0.1, 0.15) is 29.4 Å². The minimum Gasteiger partial charge on any atom is -0.481 e. The van der Waals surface area contributed by atoms with Gasteiger partial charge in [-0.25, -0.2) is 4.98 Å². The monoisotopic (exact) mass is 389 g/mol. The first kappa shape index (κ1) is 17.8. The SMILES string of the molecule is COc1cc(Sc2ccc(C(=O)N[C@@H]3C4CCN(CC4)[C@H]3C)s2)ccn1. The largest absolute Gasteiger partial charge is 0.481 e. The molecule has 3 aliphatic heterocycles. The molecule has 138 valence electrons. The van der Waals surface area contributed by atoms with Gasteiger partial charge in [-0.05, 0) is 57.0 Å². The van der Waals surface area contributed by atoms with Gasteiger partial charge >= 0.3 is 0 Å². The van der Waals surface area contributed by atoms with Crippen LogP contribution < -0.4 is 10.1 Å². The molecule has 1 amide bonds. The van der Waals surface area contributed by atoms with Gasteiger partial charge in [0.25, 0.3) is 5.91 Å². The van der Waals surface area contributed by atoms with Gasteiger partial charge in [-0.3, -0.25) is 9.69 Å². The second kappa shape index (κ2) is 7.58. The molecule has 0 radical (unpaired) electrons. The van der Waals surface area contributed by atoms with Gasteiger partial charge in [-0.2, -0.15) is 0 Å². The van der Waals surface area contributed by atoms with E-state index in [-0.39, 0.29) is 11.9 Å². The number of carbonyl (C=O) groups excluding carboxylic acids is 1. The zero-order valence-corrected chi connectivity index (χ0v) is 16.6. The number of ether oxygens (including phenoxy) is 1. The first-order valence-corrected chi connectivity index (χ1v) is 10.6. The molecule has 3 saturated heterocycles. The Hall–Kier alpha value is -1.57. The zero-order valence-electron chi connectivity index (χ0n) is 15.0. The summed E-state index contributed by atoms with van der Waals surface area (Å²) in [5.74, 6) is 1.28. The summed E-state index contributed by atoms with van der Waals surface area (Å²) in [6.45, 7) is 4.59. The third-order valence-electron chi connectivity index (χ3n) is 5.41. The molecule has 3 aliphatic rings. The van der Waals surface area contributed by atoms with Crippen LogP contribution in [0, 0.1) is 5.92 Å². The minimum atomic E-state index is 0.0553. The van der Waals surface area contributed by atoms with E-state index in [1.54, 1.807) is 25.1 Å². The van der Waals surface area contributed by atoms with E-state index >= 15 is 0 Å². The summed E-state index contributed by atoms with van der Waals surface area (Å²) in [5, 5.41) is 3.30. The summed E-state index contributed by atoms with van der Waals surface area (Å²) in [6, 6.07) is 8.49. The summed E-state index contributed by atoms with van der Waals surface area (Å²) in [7, 11) is 1.61. The van der Waals surface area contributed by atoms with Gasteiger partial charge in [-0.15, -0.1) is 11.3 Å². The highest BCUT2D eigenvalue weighted by molar-refractivity contribution is 8.01. The average Bonchev–Trinajstić information content (AvgIpc) is 3.13. The third kappa shape index (κ3) is 3.61. The maximum absolute atomic E-state index is 12.7. The van der Waals surface area contributed by atoms with Crippen LogP contribution in [0.5, 0.6) is 5.88 Å². The summed E-state index contributed by atoms with van der Waals surface area (Å²) in [5.41, 5.74) is 0. The fraction of sp³-hybridized carbons (Fsp3) is 0.474. The van der Waals surface area contributed by atoms with Gasteiger partial charge in [0.1, 0.15) is 0 Å². The Kier molecular flexibility index (Phi) is 5.20. The van der Waals surface area contributed by atoms with Crippen LogP contribution in [0.3, 0.4) is 0 Å². The number of thiophene rings is 1. The predicted molar refractivity (Wildman–Crippen MR) is 104 cm³/mol. The van der Waals surface area contributed by atoms with Crippen LogP contribution in [0.4, 0.5) is 0 Å². The maximum Gasteiger partial charge on any atom is 0.261 e. The standard InChI is InChI=1S/C19H23N3O2S2/c1-12-18(13-6-9-22(12)10-7-13)21-19(23)15-3-4-17(26-15)25-14-5-8-20-16(11-14)24-2/h3-5,8,11-13,18H,6-7,9-10H2,1-2H3,(H,21,23)/t12-,18-/m0/s1. The number of hydrogen-bond donors (Lipinski definition) is 1. The van der Waals surface area contributed by atoms with E-state index in [0.717, 1.165) is 14.0 Å². The van der Waals surface area contributed by atoms with E-state index in [1.165, 1.54) is 37.3 Å². The van der Waals surface area contributed by atoms with Gasteiger partial charge in [0.05, 0.1) is 16.2 Å². The second-order valence-corrected chi connectivity index (χ2v) is 9.33. The minimum absolute atomic E-state index is 0.0553. The molecule has 2 aromatic rings. The van der Waals surface area contributed by atoms with Crippen molar-refractivity contribution in [1.29, 1.82) is 0 Å². The lowest BCUT2D eigenvalue weighted by Crippen LogP contribution is -2.62. The van der Waals surface area contributed by atoms with Crippen molar-refractivity contribution >= 4 is 29.0 Å². The molecule has 1 N–H and O–H groups in total. The van der Waals surface area contributed by atoms with Crippen molar-refractivity contribution in [2.45, 2.75) is 41.0 Å². The number of nitrogens with zero attached hydrogens (tertiary/aromatic N) is 2. The van der Waals surface area contributed by atoms with Crippen molar-refractivity contribution in [1.82, 2.24) is 15.2 Å². The lowest BCUT2D eigenvalue weighted by molar-refractivity contribution is 0.0218. The lowest BCUT2D eigenvalue weighted by Gasteiger charge is -2.49. The number of amides is 1. The van der Waals surface area contributed by atoms with E-state index in [9.17, 15) is 4.79 Å².